The zero-order chi connectivity index (χ0) is 13.3. The van der Waals surface area contributed by atoms with Crippen molar-refractivity contribution in [2.75, 3.05) is 0 Å². The number of rotatable bonds is 3. The maximum atomic E-state index is 2.36. The van der Waals surface area contributed by atoms with Crippen LogP contribution in [0.1, 0.15) is 71.6 Å². The minimum absolute atomic E-state index is 0.241. The Bertz CT molecular complexity index is 378. The SMILES string of the molecule is CCc1c(C(C)(C)C)cccc1C(C)(C)CC. The molecule has 0 bridgehead atoms. The van der Waals surface area contributed by atoms with Crippen molar-refractivity contribution in [2.24, 2.45) is 0 Å². The number of benzene rings is 1. The molecule has 0 atom stereocenters. The second-order valence-electron chi connectivity index (χ2n) is 6.67. The summed E-state index contributed by atoms with van der Waals surface area (Å²) in [5.74, 6) is 0. The molecule has 0 radical (unpaired) electrons. The van der Waals surface area contributed by atoms with Crippen LogP contribution in [0.4, 0.5) is 0 Å². The number of hydrogen-bond acceptors (Lipinski definition) is 0. The minimum Gasteiger partial charge on any atom is -0.0646 e. The highest BCUT2D eigenvalue weighted by atomic mass is 14.3. The van der Waals surface area contributed by atoms with Crippen LogP contribution in [0.3, 0.4) is 0 Å². The van der Waals surface area contributed by atoms with Crippen LogP contribution in [0.25, 0.3) is 0 Å². The highest BCUT2D eigenvalue weighted by Crippen LogP contribution is 2.35. The van der Waals surface area contributed by atoms with Gasteiger partial charge in [0.1, 0.15) is 0 Å². The first-order chi connectivity index (χ1) is 7.74. The van der Waals surface area contributed by atoms with Crippen LogP contribution >= 0.6 is 0 Å². The van der Waals surface area contributed by atoms with E-state index in [1.807, 2.05) is 0 Å². The van der Waals surface area contributed by atoms with Gasteiger partial charge < -0.3 is 0 Å². The van der Waals surface area contributed by atoms with Gasteiger partial charge in [-0.1, -0.05) is 66.7 Å². The van der Waals surface area contributed by atoms with Gasteiger partial charge in [0, 0.05) is 0 Å². The fraction of sp³-hybridized carbons (Fsp3) is 0.647. The highest BCUT2D eigenvalue weighted by molar-refractivity contribution is 5.42. The predicted octanol–water partition coefficient (Wildman–Crippen LogP) is 5.23. The molecule has 0 aromatic heterocycles. The number of hydrogen-bond donors (Lipinski definition) is 0. The molecule has 0 heteroatoms. The van der Waals surface area contributed by atoms with Crippen molar-refractivity contribution in [1.29, 1.82) is 0 Å². The summed E-state index contributed by atoms with van der Waals surface area (Å²) in [4.78, 5) is 0. The lowest BCUT2D eigenvalue weighted by atomic mass is 9.74. The molecule has 1 aromatic rings. The van der Waals surface area contributed by atoms with Crippen LogP contribution in [0.15, 0.2) is 18.2 Å². The van der Waals surface area contributed by atoms with Crippen molar-refractivity contribution in [3.05, 3.63) is 34.9 Å². The first-order valence-corrected chi connectivity index (χ1v) is 6.87. The molecule has 0 unspecified atom stereocenters. The van der Waals surface area contributed by atoms with Crippen molar-refractivity contribution in [1.82, 2.24) is 0 Å². The van der Waals surface area contributed by atoms with Crippen molar-refractivity contribution in [2.45, 2.75) is 72.1 Å². The first kappa shape index (κ1) is 14.3. The first-order valence-electron chi connectivity index (χ1n) is 6.87. The Labute approximate surface area is 107 Å². The highest BCUT2D eigenvalue weighted by Gasteiger charge is 2.25. The molecule has 0 saturated carbocycles. The van der Waals surface area contributed by atoms with E-state index in [9.17, 15) is 0 Å². The average molecular weight is 232 g/mol. The molecule has 0 aliphatic carbocycles. The summed E-state index contributed by atoms with van der Waals surface area (Å²) in [5.41, 5.74) is 5.14. The maximum absolute atomic E-state index is 2.36. The molecule has 96 valence electrons. The van der Waals surface area contributed by atoms with E-state index in [4.69, 9.17) is 0 Å². The monoisotopic (exact) mass is 232 g/mol. The third-order valence-corrected chi connectivity index (χ3v) is 3.95. The maximum Gasteiger partial charge on any atom is -0.0103 e. The van der Waals surface area contributed by atoms with Crippen molar-refractivity contribution >= 4 is 0 Å². The lowest BCUT2D eigenvalue weighted by molar-refractivity contribution is 0.495. The van der Waals surface area contributed by atoms with E-state index in [0.29, 0.717) is 0 Å². The summed E-state index contributed by atoms with van der Waals surface area (Å²) < 4.78 is 0. The molecule has 0 nitrogen and oxygen atoms in total. The lowest BCUT2D eigenvalue weighted by Crippen LogP contribution is -2.22. The summed E-state index contributed by atoms with van der Waals surface area (Å²) in [6, 6.07) is 6.85. The van der Waals surface area contributed by atoms with E-state index < -0.39 is 0 Å². The summed E-state index contributed by atoms with van der Waals surface area (Å²) in [5, 5.41) is 0. The molecule has 0 aliphatic rings. The molecule has 0 N–H and O–H groups in total. The Kier molecular flexibility index (Phi) is 4.06. The smallest absolute Gasteiger partial charge is 0.0103 e. The van der Waals surface area contributed by atoms with Gasteiger partial charge in [-0.2, -0.15) is 0 Å². The van der Waals surface area contributed by atoms with Crippen molar-refractivity contribution < 1.29 is 0 Å². The van der Waals surface area contributed by atoms with E-state index >= 15 is 0 Å². The van der Waals surface area contributed by atoms with Gasteiger partial charge in [0.25, 0.3) is 0 Å². The fourth-order valence-corrected chi connectivity index (χ4v) is 2.49. The van der Waals surface area contributed by atoms with Crippen LogP contribution in [0.5, 0.6) is 0 Å². The Morgan fingerprint density at radius 2 is 1.41 bits per heavy atom. The summed E-state index contributed by atoms with van der Waals surface area (Å²) >= 11 is 0. The standard InChI is InChI=1S/C17H28/c1-8-13-14(16(3,4)5)11-10-12-15(13)17(6,7)9-2/h10-12H,8-9H2,1-7H3. The van der Waals surface area contributed by atoms with Gasteiger partial charge >= 0.3 is 0 Å². The predicted molar refractivity (Wildman–Crippen MR) is 77.8 cm³/mol. The van der Waals surface area contributed by atoms with Crippen LogP contribution < -0.4 is 0 Å². The van der Waals surface area contributed by atoms with Crippen LogP contribution in [0, 0.1) is 0 Å². The molecule has 0 aliphatic heterocycles. The van der Waals surface area contributed by atoms with Gasteiger partial charge in [0.2, 0.25) is 0 Å². The molecule has 1 rings (SSSR count). The lowest BCUT2D eigenvalue weighted by Gasteiger charge is -2.31. The quantitative estimate of drug-likeness (QED) is 0.669. The molecule has 0 fully saturated rings. The minimum atomic E-state index is 0.241. The molecule has 17 heavy (non-hydrogen) atoms. The summed E-state index contributed by atoms with van der Waals surface area (Å²) in [6.07, 6.45) is 2.32. The largest absolute Gasteiger partial charge is 0.0646 e. The zero-order valence-electron chi connectivity index (χ0n) is 12.6. The van der Waals surface area contributed by atoms with Gasteiger partial charge in [-0.25, -0.2) is 0 Å². The third kappa shape index (κ3) is 2.91. The molecule has 1 aromatic carbocycles. The Morgan fingerprint density at radius 1 is 0.882 bits per heavy atom. The second kappa shape index (κ2) is 4.84. The van der Waals surface area contributed by atoms with Gasteiger partial charge in [-0.15, -0.1) is 0 Å². The van der Waals surface area contributed by atoms with E-state index in [1.54, 1.807) is 5.56 Å². The molecule has 0 spiro atoms. The van der Waals surface area contributed by atoms with Gasteiger partial charge in [0.15, 0.2) is 0 Å². The topological polar surface area (TPSA) is 0 Å². The van der Waals surface area contributed by atoms with E-state index in [0.717, 1.165) is 6.42 Å². The Morgan fingerprint density at radius 3 is 1.82 bits per heavy atom. The Balaban J connectivity index is 3.44. The summed E-state index contributed by atoms with van der Waals surface area (Å²) in [7, 11) is 0. The van der Waals surface area contributed by atoms with E-state index in [1.165, 1.54) is 17.5 Å². The molecular formula is C17H28. The van der Waals surface area contributed by atoms with E-state index in [2.05, 4.69) is 66.7 Å². The molecule has 0 saturated heterocycles. The van der Waals surface area contributed by atoms with Crippen LogP contribution in [-0.2, 0) is 17.3 Å². The third-order valence-electron chi connectivity index (χ3n) is 3.95. The fourth-order valence-electron chi connectivity index (χ4n) is 2.49. The zero-order valence-corrected chi connectivity index (χ0v) is 12.6. The normalized spacial score (nSPS) is 12.9. The Hall–Kier alpha value is -0.780. The van der Waals surface area contributed by atoms with Crippen molar-refractivity contribution in [3.8, 4) is 0 Å². The van der Waals surface area contributed by atoms with Crippen molar-refractivity contribution in [3.63, 3.8) is 0 Å². The average Bonchev–Trinajstić information content (AvgIpc) is 2.26. The van der Waals surface area contributed by atoms with Crippen LogP contribution in [-0.4, -0.2) is 0 Å². The van der Waals surface area contributed by atoms with Gasteiger partial charge in [-0.05, 0) is 40.4 Å². The summed E-state index contributed by atoms with van der Waals surface area (Å²) in [6.45, 7) is 16.2. The van der Waals surface area contributed by atoms with Gasteiger partial charge in [-0.3, -0.25) is 0 Å². The van der Waals surface area contributed by atoms with E-state index in [-0.39, 0.29) is 10.8 Å². The van der Waals surface area contributed by atoms with Crippen LogP contribution in [0.2, 0.25) is 0 Å². The molecular weight excluding hydrogens is 204 g/mol. The van der Waals surface area contributed by atoms with Gasteiger partial charge in [0.05, 0.1) is 0 Å². The second-order valence-corrected chi connectivity index (χ2v) is 6.67. The molecule has 0 heterocycles. The molecule has 0 amide bonds.